The fourth-order valence-corrected chi connectivity index (χ4v) is 1.49. The van der Waals surface area contributed by atoms with Gasteiger partial charge >= 0.3 is 6.01 Å². The van der Waals surface area contributed by atoms with Crippen molar-refractivity contribution in [3.05, 3.63) is 18.2 Å². The van der Waals surface area contributed by atoms with E-state index in [9.17, 15) is 0 Å². The molecule has 0 unspecified atom stereocenters. The largest absolute Gasteiger partial charge is 0.406 e. The summed E-state index contributed by atoms with van der Waals surface area (Å²) in [5.74, 6) is 1.29. The van der Waals surface area contributed by atoms with Crippen LogP contribution in [0.5, 0.6) is 0 Å². The maximum atomic E-state index is 5.43. The molecule has 0 aliphatic heterocycles. The average Bonchev–Trinajstić information content (AvgIpc) is 2.90. The topological polar surface area (TPSA) is 80.8 Å². The Labute approximate surface area is 98.2 Å². The third-order valence-corrected chi connectivity index (χ3v) is 2.53. The Morgan fingerprint density at radius 3 is 3.06 bits per heavy atom. The standard InChI is InChI=1S/C10H14N6O/c1-16-5-4-8(15-16)12-10-14-13-9(17-10)6-11-7-2-3-7/h4-5,7,11H,2-3,6H2,1H3,(H,12,14,15). The first-order valence-electron chi connectivity index (χ1n) is 5.62. The van der Waals surface area contributed by atoms with Crippen molar-refractivity contribution >= 4 is 11.8 Å². The zero-order valence-corrected chi connectivity index (χ0v) is 9.55. The van der Waals surface area contributed by atoms with Gasteiger partial charge in [-0.2, -0.15) is 5.10 Å². The van der Waals surface area contributed by atoms with E-state index in [1.54, 1.807) is 4.68 Å². The van der Waals surface area contributed by atoms with Crippen LogP contribution in [0.15, 0.2) is 16.7 Å². The zero-order valence-electron chi connectivity index (χ0n) is 9.55. The number of aryl methyl sites for hydroxylation is 1. The maximum Gasteiger partial charge on any atom is 0.321 e. The molecule has 17 heavy (non-hydrogen) atoms. The first-order valence-corrected chi connectivity index (χ1v) is 5.62. The SMILES string of the molecule is Cn1ccc(Nc2nnc(CNC3CC3)o2)n1. The summed E-state index contributed by atoms with van der Waals surface area (Å²) in [5.41, 5.74) is 0. The highest BCUT2D eigenvalue weighted by molar-refractivity contribution is 5.44. The van der Waals surface area contributed by atoms with Gasteiger partial charge in [0.15, 0.2) is 5.82 Å². The van der Waals surface area contributed by atoms with E-state index in [-0.39, 0.29) is 0 Å². The number of aromatic nitrogens is 4. The van der Waals surface area contributed by atoms with Gasteiger partial charge in [0.1, 0.15) is 0 Å². The third kappa shape index (κ3) is 2.62. The lowest BCUT2D eigenvalue weighted by atomic mass is 10.6. The predicted molar refractivity (Wildman–Crippen MR) is 60.7 cm³/mol. The normalized spacial score (nSPS) is 15.1. The molecule has 0 saturated heterocycles. The smallest absolute Gasteiger partial charge is 0.321 e. The Bertz CT molecular complexity index is 500. The minimum Gasteiger partial charge on any atom is -0.406 e. The van der Waals surface area contributed by atoms with E-state index in [1.165, 1.54) is 12.8 Å². The van der Waals surface area contributed by atoms with E-state index in [0.717, 1.165) is 0 Å². The minimum absolute atomic E-state index is 0.372. The Balaban J connectivity index is 1.59. The Morgan fingerprint density at radius 2 is 2.35 bits per heavy atom. The Morgan fingerprint density at radius 1 is 1.47 bits per heavy atom. The number of rotatable bonds is 5. The molecule has 0 radical (unpaired) electrons. The number of hydrogen-bond acceptors (Lipinski definition) is 6. The molecule has 2 aromatic heterocycles. The molecule has 0 aromatic carbocycles. The molecule has 1 aliphatic carbocycles. The number of nitrogens with one attached hydrogen (secondary N) is 2. The molecular formula is C10H14N6O. The van der Waals surface area contributed by atoms with Crippen LogP contribution in [-0.2, 0) is 13.6 Å². The van der Waals surface area contributed by atoms with Crippen LogP contribution in [0.25, 0.3) is 0 Å². The fraction of sp³-hybridized carbons (Fsp3) is 0.500. The van der Waals surface area contributed by atoms with Crippen LogP contribution in [0.2, 0.25) is 0 Å². The summed E-state index contributed by atoms with van der Waals surface area (Å²) in [6.07, 6.45) is 4.33. The van der Waals surface area contributed by atoms with E-state index < -0.39 is 0 Å². The van der Waals surface area contributed by atoms with Crippen LogP contribution in [0.4, 0.5) is 11.8 Å². The molecule has 7 nitrogen and oxygen atoms in total. The predicted octanol–water partition coefficient (Wildman–Crippen LogP) is 0.799. The summed E-state index contributed by atoms with van der Waals surface area (Å²) in [6.45, 7) is 0.627. The summed E-state index contributed by atoms with van der Waals surface area (Å²) in [7, 11) is 1.85. The number of anilines is 2. The molecule has 90 valence electrons. The van der Waals surface area contributed by atoms with Gasteiger partial charge in [0.05, 0.1) is 6.54 Å². The van der Waals surface area contributed by atoms with Crippen LogP contribution in [0, 0.1) is 0 Å². The lowest BCUT2D eigenvalue weighted by Gasteiger charge is -1.96. The van der Waals surface area contributed by atoms with Crippen molar-refractivity contribution in [1.82, 2.24) is 25.3 Å². The maximum absolute atomic E-state index is 5.43. The van der Waals surface area contributed by atoms with Gasteiger partial charge in [-0.25, -0.2) is 0 Å². The molecule has 2 N–H and O–H groups in total. The van der Waals surface area contributed by atoms with Crippen molar-refractivity contribution in [3.63, 3.8) is 0 Å². The third-order valence-electron chi connectivity index (χ3n) is 2.53. The first-order chi connectivity index (χ1) is 8.29. The van der Waals surface area contributed by atoms with E-state index in [0.29, 0.717) is 30.3 Å². The molecular weight excluding hydrogens is 220 g/mol. The summed E-state index contributed by atoms with van der Waals surface area (Å²) < 4.78 is 7.13. The van der Waals surface area contributed by atoms with Crippen molar-refractivity contribution < 1.29 is 4.42 Å². The molecule has 0 atom stereocenters. The molecule has 3 rings (SSSR count). The van der Waals surface area contributed by atoms with E-state index in [2.05, 4.69) is 25.9 Å². The van der Waals surface area contributed by atoms with Crippen molar-refractivity contribution in [2.75, 3.05) is 5.32 Å². The van der Waals surface area contributed by atoms with Gasteiger partial charge in [0.2, 0.25) is 5.89 Å². The minimum atomic E-state index is 0.372. The second-order valence-corrected chi connectivity index (χ2v) is 4.16. The highest BCUT2D eigenvalue weighted by Gasteiger charge is 2.21. The second-order valence-electron chi connectivity index (χ2n) is 4.16. The second kappa shape index (κ2) is 4.17. The molecule has 1 aliphatic rings. The highest BCUT2D eigenvalue weighted by atomic mass is 16.4. The lowest BCUT2D eigenvalue weighted by Crippen LogP contribution is -2.15. The fourth-order valence-electron chi connectivity index (χ4n) is 1.49. The van der Waals surface area contributed by atoms with Gasteiger partial charge in [-0.1, -0.05) is 5.10 Å². The molecule has 2 heterocycles. The van der Waals surface area contributed by atoms with Gasteiger partial charge in [-0.05, 0) is 12.8 Å². The van der Waals surface area contributed by atoms with E-state index in [4.69, 9.17) is 4.42 Å². The Kier molecular flexibility index (Phi) is 2.52. The van der Waals surface area contributed by atoms with Gasteiger partial charge in [0.25, 0.3) is 0 Å². The Hall–Kier alpha value is -1.89. The first kappa shape index (κ1) is 10.3. The van der Waals surface area contributed by atoms with Gasteiger partial charge in [-0.15, -0.1) is 5.10 Å². The van der Waals surface area contributed by atoms with E-state index in [1.807, 2.05) is 19.3 Å². The highest BCUT2D eigenvalue weighted by Crippen LogP contribution is 2.19. The molecule has 1 fully saturated rings. The molecule has 0 amide bonds. The summed E-state index contributed by atoms with van der Waals surface area (Å²) in [5, 5.41) is 18.3. The monoisotopic (exact) mass is 234 g/mol. The molecule has 0 spiro atoms. The quantitative estimate of drug-likeness (QED) is 0.796. The van der Waals surface area contributed by atoms with Crippen molar-refractivity contribution in [2.45, 2.75) is 25.4 Å². The molecule has 0 bridgehead atoms. The van der Waals surface area contributed by atoms with Crippen LogP contribution in [0.3, 0.4) is 0 Å². The van der Waals surface area contributed by atoms with Crippen molar-refractivity contribution in [3.8, 4) is 0 Å². The van der Waals surface area contributed by atoms with Gasteiger partial charge in [0, 0.05) is 25.4 Å². The van der Waals surface area contributed by atoms with Gasteiger partial charge in [-0.3, -0.25) is 10.00 Å². The van der Waals surface area contributed by atoms with Crippen molar-refractivity contribution in [2.24, 2.45) is 7.05 Å². The lowest BCUT2D eigenvalue weighted by molar-refractivity contribution is 0.478. The molecule has 2 aromatic rings. The molecule has 7 heteroatoms. The summed E-state index contributed by atoms with van der Waals surface area (Å²) >= 11 is 0. The van der Waals surface area contributed by atoms with Crippen LogP contribution in [0.1, 0.15) is 18.7 Å². The van der Waals surface area contributed by atoms with Crippen LogP contribution in [-0.4, -0.2) is 26.0 Å². The zero-order chi connectivity index (χ0) is 11.7. The van der Waals surface area contributed by atoms with E-state index >= 15 is 0 Å². The van der Waals surface area contributed by atoms with Crippen LogP contribution < -0.4 is 10.6 Å². The average molecular weight is 234 g/mol. The number of nitrogens with zero attached hydrogens (tertiary/aromatic N) is 4. The van der Waals surface area contributed by atoms with Crippen LogP contribution >= 0.6 is 0 Å². The van der Waals surface area contributed by atoms with Gasteiger partial charge < -0.3 is 9.73 Å². The summed E-state index contributed by atoms with van der Waals surface area (Å²) in [4.78, 5) is 0. The molecule has 1 saturated carbocycles. The number of hydrogen-bond donors (Lipinski definition) is 2. The summed E-state index contributed by atoms with van der Waals surface area (Å²) in [6, 6.07) is 2.84. The van der Waals surface area contributed by atoms with Crippen molar-refractivity contribution in [1.29, 1.82) is 0 Å².